The molecule has 5 rings (SSSR count). The minimum atomic E-state index is -0.0102. The predicted octanol–water partition coefficient (Wildman–Crippen LogP) is 3.62. The molecule has 1 aliphatic rings. The van der Waals surface area contributed by atoms with E-state index in [4.69, 9.17) is 0 Å². The molecule has 0 saturated heterocycles. The van der Waals surface area contributed by atoms with E-state index in [9.17, 15) is 4.79 Å². The average Bonchev–Trinajstić information content (AvgIpc) is 3.23. The first-order chi connectivity index (χ1) is 13.6. The maximum Gasteiger partial charge on any atom is 0.272 e. The second kappa shape index (κ2) is 6.83. The Kier molecular flexibility index (Phi) is 4.29. The van der Waals surface area contributed by atoms with Crippen molar-refractivity contribution >= 4 is 27.3 Å². The quantitative estimate of drug-likeness (QED) is 0.502. The molecule has 0 N–H and O–H groups in total. The molecule has 28 heavy (non-hydrogen) atoms. The molecule has 7 heteroatoms. The second-order valence-electron chi connectivity index (χ2n) is 7.71. The van der Waals surface area contributed by atoms with E-state index in [1.54, 1.807) is 11.6 Å². The zero-order chi connectivity index (χ0) is 19.3. The number of aryl methyl sites for hydroxylation is 1. The van der Waals surface area contributed by atoms with Gasteiger partial charge in [0.2, 0.25) is 5.78 Å². The third kappa shape index (κ3) is 2.95. The molecule has 6 nitrogen and oxygen atoms in total. The van der Waals surface area contributed by atoms with Crippen molar-refractivity contribution in [2.24, 2.45) is 13.0 Å². The molecule has 3 heterocycles. The number of benzene rings is 1. The standard InChI is InChI=1S/C21H23N5OS/c1-14(16-6-4-3-5-7-16)25(12-15-8-9-15)13-18-22-23-21-24(2)20(27)19-17(26(18)21)10-11-28-19/h3-7,10-11,14-15H,8-9,12-13H2,1-2H3. The van der Waals surface area contributed by atoms with Gasteiger partial charge >= 0.3 is 0 Å². The third-order valence-electron chi connectivity index (χ3n) is 5.76. The van der Waals surface area contributed by atoms with Gasteiger partial charge in [-0.15, -0.1) is 21.5 Å². The fourth-order valence-corrected chi connectivity index (χ4v) is 4.72. The minimum absolute atomic E-state index is 0.0102. The van der Waals surface area contributed by atoms with Gasteiger partial charge in [-0.05, 0) is 42.7 Å². The van der Waals surface area contributed by atoms with Gasteiger partial charge in [-0.25, -0.2) is 0 Å². The van der Waals surface area contributed by atoms with E-state index in [-0.39, 0.29) is 5.56 Å². The van der Waals surface area contributed by atoms with Crippen LogP contribution in [0.15, 0.2) is 46.6 Å². The van der Waals surface area contributed by atoms with Crippen molar-refractivity contribution in [2.45, 2.75) is 32.4 Å². The van der Waals surface area contributed by atoms with Gasteiger partial charge in [-0.3, -0.25) is 18.7 Å². The molecule has 0 aliphatic heterocycles. The van der Waals surface area contributed by atoms with Gasteiger partial charge in [0.25, 0.3) is 5.56 Å². The number of thiophene rings is 1. The van der Waals surface area contributed by atoms with Gasteiger partial charge in [-0.1, -0.05) is 30.3 Å². The fraction of sp³-hybridized carbons (Fsp3) is 0.381. The molecule has 0 spiro atoms. The molecular formula is C21H23N5OS. The van der Waals surface area contributed by atoms with Crippen LogP contribution in [0.3, 0.4) is 0 Å². The summed E-state index contributed by atoms with van der Waals surface area (Å²) in [5, 5.41) is 10.8. The first kappa shape index (κ1) is 17.6. The number of fused-ring (bicyclic) bond motifs is 3. The highest BCUT2D eigenvalue weighted by molar-refractivity contribution is 7.17. The van der Waals surface area contributed by atoms with Crippen molar-refractivity contribution in [3.63, 3.8) is 0 Å². The zero-order valence-electron chi connectivity index (χ0n) is 16.1. The lowest BCUT2D eigenvalue weighted by Gasteiger charge is -2.29. The van der Waals surface area contributed by atoms with Gasteiger partial charge in [0.1, 0.15) is 4.70 Å². The molecule has 1 unspecified atom stereocenters. The van der Waals surface area contributed by atoms with E-state index >= 15 is 0 Å². The van der Waals surface area contributed by atoms with E-state index in [0.717, 1.165) is 28.5 Å². The summed E-state index contributed by atoms with van der Waals surface area (Å²) < 4.78 is 4.40. The summed E-state index contributed by atoms with van der Waals surface area (Å²) in [6.45, 7) is 4.03. The van der Waals surface area contributed by atoms with Crippen molar-refractivity contribution in [1.29, 1.82) is 0 Å². The average molecular weight is 394 g/mol. The van der Waals surface area contributed by atoms with Crippen LogP contribution >= 0.6 is 11.3 Å². The molecular weight excluding hydrogens is 370 g/mol. The Morgan fingerprint density at radius 3 is 2.75 bits per heavy atom. The Labute approximate surface area is 167 Å². The lowest BCUT2D eigenvalue weighted by atomic mass is 10.1. The normalized spacial score (nSPS) is 15.7. The number of hydrogen-bond acceptors (Lipinski definition) is 5. The summed E-state index contributed by atoms with van der Waals surface area (Å²) in [7, 11) is 1.77. The Morgan fingerprint density at radius 1 is 1.21 bits per heavy atom. The molecule has 0 amide bonds. The molecule has 3 aromatic heterocycles. The van der Waals surface area contributed by atoms with Crippen molar-refractivity contribution in [3.05, 3.63) is 63.5 Å². The molecule has 1 atom stereocenters. The van der Waals surface area contributed by atoms with Gasteiger partial charge < -0.3 is 0 Å². The van der Waals surface area contributed by atoms with Crippen LogP contribution in [0.5, 0.6) is 0 Å². The third-order valence-corrected chi connectivity index (χ3v) is 6.65. The molecule has 1 fully saturated rings. The smallest absolute Gasteiger partial charge is 0.272 e. The van der Waals surface area contributed by atoms with Crippen LogP contribution < -0.4 is 5.56 Å². The highest BCUT2D eigenvalue weighted by atomic mass is 32.1. The summed E-state index contributed by atoms with van der Waals surface area (Å²) in [4.78, 5) is 15.1. The summed E-state index contributed by atoms with van der Waals surface area (Å²) in [5.41, 5.74) is 2.20. The van der Waals surface area contributed by atoms with E-state index in [1.165, 1.54) is 29.7 Å². The van der Waals surface area contributed by atoms with Crippen LogP contribution in [0.4, 0.5) is 0 Å². The van der Waals surface area contributed by atoms with Crippen LogP contribution in [-0.2, 0) is 13.6 Å². The van der Waals surface area contributed by atoms with Crippen LogP contribution in [0.25, 0.3) is 16.0 Å². The summed E-state index contributed by atoms with van der Waals surface area (Å²) in [5.74, 6) is 2.26. The Hall–Kier alpha value is -2.51. The molecule has 0 radical (unpaired) electrons. The maximum absolute atomic E-state index is 12.6. The van der Waals surface area contributed by atoms with Gasteiger partial charge in [-0.2, -0.15) is 0 Å². The van der Waals surface area contributed by atoms with Gasteiger partial charge in [0, 0.05) is 19.6 Å². The summed E-state index contributed by atoms with van der Waals surface area (Å²) in [6.07, 6.45) is 2.61. The molecule has 144 valence electrons. The van der Waals surface area contributed by atoms with Crippen LogP contribution in [0, 0.1) is 5.92 Å². The summed E-state index contributed by atoms with van der Waals surface area (Å²) >= 11 is 1.47. The van der Waals surface area contributed by atoms with Crippen LogP contribution in [0.1, 0.15) is 37.2 Å². The first-order valence-corrected chi connectivity index (χ1v) is 10.6. The number of nitrogens with zero attached hydrogens (tertiary/aromatic N) is 5. The predicted molar refractivity (Wildman–Crippen MR) is 112 cm³/mol. The Bertz CT molecular complexity index is 1190. The highest BCUT2D eigenvalue weighted by Crippen LogP contribution is 2.33. The largest absolute Gasteiger partial charge is 0.289 e. The molecule has 4 aromatic rings. The monoisotopic (exact) mass is 393 g/mol. The van der Waals surface area contributed by atoms with Crippen molar-refractivity contribution in [2.75, 3.05) is 6.54 Å². The van der Waals surface area contributed by atoms with E-state index in [1.807, 2.05) is 15.8 Å². The number of aromatic nitrogens is 4. The van der Waals surface area contributed by atoms with Crippen molar-refractivity contribution in [1.82, 2.24) is 24.1 Å². The van der Waals surface area contributed by atoms with Crippen LogP contribution in [0.2, 0.25) is 0 Å². The SMILES string of the molecule is CC(c1ccccc1)N(Cc1nnc2n(C)c(=O)c3sccc3n12)CC1CC1. The zero-order valence-corrected chi connectivity index (χ0v) is 16.9. The highest BCUT2D eigenvalue weighted by Gasteiger charge is 2.28. The van der Waals surface area contributed by atoms with E-state index in [2.05, 4.69) is 52.4 Å². The molecule has 1 saturated carbocycles. The first-order valence-electron chi connectivity index (χ1n) is 9.72. The fourth-order valence-electron chi connectivity index (χ4n) is 3.87. The van der Waals surface area contributed by atoms with Gasteiger partial charge in [0.15, 0.2) is 5.82 Å². The second-order valence-corrected chi connectivity index (χ2v) is 8.63. The molecule has 1 aromatic carbocycles. The van der Waals surface area contributed by atoms with Gasteiger partial charge in [0.05, 0.1) is 12.1 Å². The van der Waals surface area contributed by atoms with E-state index in [0.29, 0.717) is 18.4 Å². The maximum atomic E-state index is 12.6. The molecule has 1 aliphatic carbocycles. The Balaban J connectivity index is 1.57. The summed E-state index contributed by atoms with van der Waals surface area (Å²) in [6, 6.07) is 12.9. The minimum Gasteiger partial charge on any atom is -0.289 e. The van der Waals surface area contributed by atoms with Crippen molar-refractivity contribution < 1.29 is 0 Å². The number of rotatable bonds is 6. The van der Waals surface area contributed by atoms with Crippen LogP contribution in [-0.4, -0.2) is 30.6 Å². The lowest BCUT2D eigenvalue weighted by Crippen LogP contribution is -2.30. The van der Waals surface area contributed by atoms with Crippen molar-refractivity contribution in [3.8, 4) is 0 Å². The number of hydrogen-bond donors (Lipinski definition) is 0. The van der Waals surface area contributed by atoms with E-state index < -0.39 is 0 Å². The lowest BCUT2D eigenvalue weighted by molar-refractivity contribution is 0.187. The Morgan fingerprint density at radius 2 is 2.00 bits per heavy atom. The molecule has 0 bridgehead atoms. The topological polar surface area (TPSA) is 55.4 Å².